The highest BCUT2D eigenvalue weighted by Gasteiger charge is 2.30. The molecule has 1 atom stereocenters. The summed E-state index contributed by atoms with van der Waals surface area (Å²) in [6.07, 6.45) is 3.47. The van der Waals surface area contributed by atoms with Crippen molar-refractivity contribution in [3.8, 4) is 0 Å². The van der Waals surface area contributed by atoms with E-state index in [0.717, 1.165) is 30.1 Å². The first-order valence-electron chi connectivity index (χ1n) is 5.07. The molecule has 2 rings (SSSR count). The van der Waals surface area contributed by atoms with Crippen LogP contribution < -0.4 is 0 Å². The highest BCUT2D eigenvalue weighted by molar-refractivity contribution is 7.09. The second kappa shape index (κ2) is 4.14. The van der Waals surface area contributed by atoms with Gasteiger partial charge in [-0.1, -0.05) is 6.58 Å². The molecule has 1 amide bonds. The number of aryl methyl sites for hydroxylation is 1. The van der Waals surface area contributed by atoms with E-state index in [1.807, 2.05) is 17.2 Å². The summed E-state index contributed by atoms with van der Waals surface area (Å²) in [5.74, 6) is 0.0188. The van der Waals surface area contributed by atoms with Gasteiger partial charge in [0.1, 0.15) is 5.01 Å². The van der Waals surface area contributed by atoms with Crippen LogP contribution in [0.2, 0.25) is 0 Å². The number of likely N-dealkylation sites (tertiary alicyclic amines) is 1. The van der Waals surface area contributed by atoms with E-state index in [2.05, 4.69) is 11.6 Å². The van der Waals surface area contributed by atoms with Gasteiger partial charge in [-0.05, 0) is 25.8 Å². The van der Waals surface area contributed by atoms with Crippen molar-refractivity contribution in [2.45, 2.75) is 25.8 Å². The topological polar surface area (TPSA) is 33.2 Å². The number of amides is 1. The minimum absolute atomic E-state index is 0.0188. The van der Waals surface area contributed by atoms with Gasteiger partial charge in [-0.3, -0.25) is 4.79 Å². The summed E-state index contributed by atoms with van der Waals surface area (Å²) in [5, 5.41) is 3.09. The molecular weight excluding hydrogens is 208 g/mol. The smallest absolute Gasteiger partial charge is 0.246 e. The lowest BCUT2D eigenvalue weighted by molar-refractivity contribution is -0.126. The van der Waals surface area contributed by atoms with Crippen molar-refractivity contribution in [2.24, 2.45) is 0 Å². The Labute approximate surface area is 93.4 Å². The molecule has 0 saturated carbocycles. The van der Waals surface area contributed by atoms with Gasteiger partial charge < -0.3 is 4.90 Å². The lowest BCUT2D eigenvalue weighted by atomic mass is 10.2. The maximum absolute atomic E-state index is 11.6. The van der Waals surface area contributed by atoms with E-state index in [4.69, 9.17) is 0 Å². The first kappa shape index (κ1) is 10.4. The first-order valence-corrected chi connectivity index (χ1v) is 5.95. The zero-order valence-corrected chi connectivity index (χ0v) is 9.59. The number of hydrogen-bond donors (Lipinski definition) is 0. The van der Waals surface area contributed by atoms with Crippen LogP contribution in [0.15, 0.2) is 18.0 Å². The van der Waals surface area contributed by atoms with E-state index in [-0.39, 0.29) is 11.9 Å². The molecule has 0 aliphatic carbocycles. The van der Waals surface area contributed by atoms with Gasteiger partial charge in [0.05, 0.1) is 6.04 Å². The van der Waals surface area contributed by atoms with Crippen LogP contribution in [0.4, 0.5) is 0 Å². The van der Waals surface area contributed by atoms with Crippen molar-refractivity contribution in [2.75, 3.05) is 6.54 Å². The van der Waals surface area contributed by atoms with Gasteiger partial charge in [0.2, 0.25) is 5.91 Å². The molecule has 1 fully saturated rings. The van der Waals surface area contributed by atoms with Gasteiger partial charge in [-0.25, -0.2) is 4.98 Å². The summed E-state index contributed by atoms with van der Waals surface area (Å²) in [6, 6.07) is 0.175. The van der Waals surface area contributed by atoms with Gasteiger partial charge in [-0.15, -0.1) is 11.3 Å². The minimum Gasteiger partial charge on any atom is -0.330 e. The monoisotopic (exact) mass is 222 g/mol. The highest BCUT2D eigenvalue weighted by atomic mass is 32.1. The van der Waals surface area contributed by atoms with Crippen LogP contribution in [0.25, 0.3) is 0 Å². The SMILES string of the molecule is C=CC(=O)N1CCCC1c1nc(C)cs1. The Morgan fingerprint density at radius 1 is 1.80 bits per heavy atom. The normalized spacial score (nSPS) is 20.6. The molecule has 15 heavy (non-hydrogen) atoms. The van der Waals surface area contributed by atoms with Gasteiger partial charge in [0.15, 0.2) is 0 Å². The molecular formula is C11H14N2OS. The van der Waals surface area contributed by atoms with E-state index < -0.39 is 0 Å². The van der Waals surface area contributed by atoms with Crippen LogP contribution in [0.5, 0.6) is 0 Å². The Bertz CT molecular complexity index is 386. The van der Waals surface area contributed by atoms with Crippen molar-refractivity contribution >= 4 is 17.2 Å². The molecule has 0 radical (unpaired) electrons. The maximum Gasteiger partial charge on any atom is 0.246 e. The summed E-state index contributed by atoms with van der Waals surface area (Å²) >= 11 is 1.64. The Balaban J connectivity index is 2.21. The molecule has 0 aromatic carbocycles. The third-order valence-corrected chi connectivity index (χ3v) is 3.70. The molecule has 3 nitrogen and oxygen atoms in total. The summed E-state index contributed by atoms with van der Waals surface area (Å²) in [7, 11) is 0. The molecule has 0 spiro atoms. The van der Waals surface area contributed by atoms with E-state index >= 15 is 0 Å². The average molecular weight is 222 g/mol. The Morgan fingerprint density at radius 3 is 3.20 bits per heavy atom. The third kappa shape index (κ3) is 1.95. The number of thiazole rings is 1. The number of aromatic nitrogens is 1. The molecule has 80 valence electrons. The fourth-order valence-corrected chi connectivity index (χ4v) is 2.87. The number of nitrogens with zero attached hydrogens (tertiary/aromatic N) is 2. The standard InChI is InChI=1S/C11H14N2OS/c1-3-10(14)13-6-4-5-9(13)11-12-8(2)7-15-11/h3,7,9H,1,4-6H2,2H3. The quantitative estimate of drug-likeness (QED) is 0.719. The molecule has 1 aromatic heterocycles. The predicted octanol–water partition coefficient (Wildman–Crippen LogP) is 2.30. The van der Waals surface area contributed by atoms with Gasteiger partial charge >= 0.3 is 0 Å². The van der Waals surface area contributed by atoms with E-state index in [1.165, 1.54) is 6.08 Å². The van der Waals surface area contributed by atoms with Crippen LogP contribution in [0.3, 0.4) is 0 Å². The fraction of sp³-hybridized carbons (Fsp3) is 0.455. The summed E-state index contributed by atoms with van der Waals surface area (Å²) in [5.41, 5.74) is 1.04. The summed E-state index contributed by atoms with van der Waals surface area (Å²) in [4.78, 5) is 17.9. The Morgan fingerprint density at radius 2 is 2.60 bits per heavy atom. The number of carbonyl (C=O) groups is 1. The highest BCUT2D eigenvalue weighted by Crippen LogP contribution is 2.33. The molecule has 1 unspecified atom stereocenters. The van der Waals surface area contributed by atoms with Crippen LogP contribution in [-0.4, -0.2) is 22.3 Å². The lowest BCUT2D eigenvalue weighted by Gasteiger charge is -2.21. The zero-order valence-electron chi connectivity index (χ0n) is 8.77. The maximum atomic E-state index is 11.6. The van der Waals surface area contributed by atoms with Crippen molar-refractivity contribution in [3.05, 3.63) is 28.7 Å². The fourth-order valence-electron chi connectivity index (χ4n) is 1.93. The van der Waals surface area contributed by atoms with Crippen LogP contribution in [-0.2, 0) is 4.79 Å². The summed E-state index contributed by atoms with van der Waals surface area (Å²) in [6.45, 7) is 6.34. The molecule has 4 heteroatoms. The summed E-state index contributed by atoms with van der Waals surface area (Å²) < 4.78 is 0. The number of carbonyl (C=O) groups excluding carboxylic acids is 1. The van der Waals surface area contributed by atoms with Crippen molar-refractivity contribution < 1.29 is 4.79 Å². The number of rotatable bonds is 2. The first-order chi connectivity index (χ1) is 7.22. The second-order valence-electron chi connectivity index (χ2n) is 3.72. The van der Waals surface area contributed by atoms with E-state index in [0.29, 0.717) is 0 Å². The van der Waals surface area contributed by atoms with Crippen LogP contribution in [0.1, 0.15) is 29.6 Å². The van der Waals surface area contributed by atoms with Gasteiger partial charge in [0.25, 0.3) is 0 Å². The van der Waals surface area contributed by atoms with E-state index in [1.54, 1.807) is 11.3 Å². The zero-order chi connectivity index (χ0) is 10.8. The Hall–Kier alpha value is -1.16. The minimum atomic E-state index is 0.0188. The van der Waals surface area contributed by atoms with E-state index in [9.17, 15) is 4.79 Å². The van der Waals surface area contributed by atoms with Crippen molar-refractivity contribution in [1.29, 1.82) is 0 Å². The third-order valence-electron chi connectivity index (χ3n) is 2.63. The molecule has 0 bridgehead atoms. The van der Waals surface area contributed by atoms with Gasteiger partial charge in [-0.2, -0.15) is 0 Å². The molecule has 1 saturated heterocycles. The predicted molar refractivity (Wildman–Crippen MR) is 60.7 cm³/mol. The molecule has 0 N–H and O–H groups in total. The van der Waals surface area contributed by atoms with Gasteiger partial charge in [0, 0.05) is 17.6 Å². The molecule has 2 heterocycles. The van der Waals surface area contributed by atoms with Crippen LogP contribution in [0, 0.1) is 6.92 Å². The lowest BCUT2D eigenvalue weighted by Crippen LogP contribution is -2.28. The Kier molecular flexibility index (Phi) is 2.86. The number of hydrogen-bond acceptors (Lipinski definition) is 3. The van der Waals surface area contributed by atoms with Crippen LogP contribution >= 0.6 is 11.3 Å². The second-order valence-corrected chi connectivity index (χ2v) is 4.61. The molecule has 1 aliphatic heterocycles. The largest absolute Gasteiger partial charge is 0.330 e. The molecule has 1 aromatic rings. The molecule has 1 aliphatic rings. The van der Waals surface area contributed by atoms with Crippen molar-refractivity contribution in [3.63, 3.8) is 0 Å². The average Bonchev–Trinajstić information content (AvgIpc) is 2.84. The van der Waals surface area contributed by atoms with Crippen molar-refractivity contribution in [1.82, 2.24) is 9.88 Å².